The zero-order valence-corrected chi connectivity index (χ0v) is 11.2. The van der Waals surface area contributed by atoms with Crippen LogP contribution < -0.4 is 0 Å². The number of aromatic hydroxyl groups is 2. The highest BCUT2D eigenvalue weighted by molar-refractivity contribution is 6.09. The zero-order chi connectivity index (χ0) is 14.4. The van der Waals surface area contributed by atoms with Gasteiger partial charge in [0.15, 0.2) is 11.5 Å². The van der Waals surface area contributed by atoms with Crippen LogP contribution in [0.15, 0.2) is 66.7 Å². The van der Waals surface area contributed by atoms with Crippen molar-refractivity contribution in [3.63, 3.8) is 0 Å². The summed E-state index contributed by atoms with van der Waals surface area (Å²) in [4.78, 5) is 0. The summed E-state index contributed by atoms with van der Waals surface area (Å²) in [7, 11) is 0. The van der Waals surface area contributed by atoms with E-state index in [-0.39, 0.29) is 11.5 Å². The van der Waals surface area contributed by atoms with Gasteiger partial charge in [0, 0.05) is 16.8 Å². The van der Waals surface area contributed by atoms with Gasteiger partial charge >= 0.3 is 0 Å². The van der Waals surface area contributed by atoms with E-state index in [1.165, 1.54) is 16.8 Å². The number of phenols is 2. The third-order valence-electron chi connectivity index (χ3n) is 3.80. The normalized spacial score (nSPS) is 11.2. The third-order valence-corrected chi connectivity index (χ3v) is 3.80. The first-order valence-corrected chi connectivity index (χ1v) is 6.76. The highest BCUT2D eigenvalue weighted by Crippen LogP contribution is 2.34. The molecule has 3 aromatic carbocycles. The van der Waals surface area contributed by atoms with Crippen molar-refractivity contribution in [2.75, 3.05) is 0 Å². The fourth-order valence-electron chi connectivity index (χ4n) is 2.85. The number of benzene rings is 3. The van der Waals surface area contributed by atoms with E-state index in [1.54, 1.807) is 12.1 Å². The Kier molecular flexibility index (Phi) is 2.42. The third kappa shape index (κ3) is 1.68. The van der Waals surface area contributed by atoms with Gasteiger partial charge in [-0.2, -0.15) is 0 Å². The van der Waals surface area contributed by atoms with E-state index >= 15 is 0 Å². The molecule has 0 amide bonds. The second kappa shape index (κ2) is 4.28. The molecular formula is C18H13NO2. The van der Waals surface area contributed by atoms with Gasteiger partial charge in [-0.3, -0.25) is 0 Å². The number of phenolic OH excluding ortho intramolecular Hbond substituents is 2. The Morgan fingerprint density at radius 3 is 1.76 bits per heavy atom. The lowest BCUT2D eigenvalue weighted by Crippen LogP contribution is -1.93. The molecule has 2 N–H and O–H groups in total. The summed E-state index contributed by atoms with van der Waals surface area (Å²) < 4.78 is 2.09. The predicted molar refractivity (Wildman–Crippen MR) is 84.1 cm³/mol. The summed E-state index contributed by atoms with van der Waals surface area (Å²) in [5.74, 6) is -0.228. The van der Waals surface area contributed by atoms with Gasteiger partial charge in [-0.05, 0) is 24.3 Å². The van der Waals surface area contributed by atoms with Gasteiger partial charge in [-0.15, -0.1) is 0 Å². The highest BCUT2D eigenvalue weighted by atomic mass is 16.3. The number of fused-ring (bicyclic) bond motifs is 3. The fraction of sp³-hybridized carbons (Fsp3) is 0. The fourth-order valence-corrected chi connectivity index (χ4v) is 2.85. The molecule has 4 rings (SSSR count). The summed E-state index contributed by atoms with van der Waals surface area (Å²) >= 11 is 0. The number of rotatable bonds is 1. The van der Waals surface area contributed by atoms with Gasteiger partial charge in [0.2, 0.25) is 0 Å². The maximum atomic E-state index is 9.78. The lowest BCUT2D eigenvalue weighted by molar-refractivity contribution is 0.403. The molecule has 102 valence electrons. The molecule has 1 heterocycles. The van der Waals surface area contributed by atoms with Crippen LogP contribution in [0.1, 0.15) is 0 Å². The Bertz CT molecular complexity index is 916. The largest absolute Gasteiger partial charge is 0.504 e. The molecule has 3 nitrogen and oxygen atoms in total. The van der Waals surface area contributed by atoms with Crippen LogP contribution in [0.5, 0.6) is 11.5 Å². The Morgan fingerprint density at radius 1 is 0.619 bits per heavy atom. The monoisotopic (exact) mass is 275 g/mol. The summed E-state index contributed by atoms with van der Waals surface area (Å²) in [6, 6.07) is 21.2. The van der Waals surface area contributed by atoms with Gasteiger partial charge in [-0.1, -0.05) is 36.4 Å². The van der Waals surface area contributed by atoms with E-state index < -0.39 is 0 Å². The number of hydrogen-bond acceptors (Lipinski definition) is 2. The van der Waals surface area contributed by atoms with E-state index in [2.05, 4.69) is 28.8 Å². The van der Waals surface area contributed by atoms with Crippen molar-refractivity contribution in [1.29, 1.82) is 0 Å². The van der Waals surface area contributed by atoms with Gasteiger partial charge in [-0.25, -0.2) is 0 Å². The molecule has 0 saturated heterocycles. The maximum absolute atomic E-state index is 9.78. The van der Waals surface area contributed by atoms with Crippen LogP contribution in [0.25, 0.3) is 27.5 Å². The molecule has 0 aliphatic heterocycles. The van der Waals surface area contributed by atoms with Crippen LogP contribution in [-0.4, -0.2) is 14.8 Å². The highest BCUT2D eigenvalue weighted by Gasteiger charge is 2.12. The Morgan fingerprint density at radius 2 is 1.19 bits per heavy atom. The van der Waals surface area contributed by atoms with E-state index in [1.807, 2.05) is 24.3 Å². The van der Waals surface area contributed by atoms with Gasteiger partial charge in [0.05, 0.1) is 16.7 Å². The SMILES string of the molecule is Oc1ccc(-n2c3ccccc3c3ccccc32)cc1O. The van der Waals surface area contributed by atoms with Crippen molar-refractivity contribution < 1.29 is 10.2 Å². The average molecular weight is 275 g/mol. The minimum Gasteiger partial charge on any atom is -0.504 e. The smallest absolute Gasteiger partial charge is 0.159 e. The van der Waals surface area contributed by atoms with Crippen LogP contribution in [0, 0.1) is 0 Å². The van der Waals surface area contributed by atoms with Crippen LogP contribution >= 0.6 is 0 Å². The van der Waals surface area contributed by atoms with Crippen molar-refractivity contribution in [1.82, 2.24) is 4.57 Å². The molecule has 1 aromatic heterocycles. The molecule has 0 spiro atoms. The minimum absolute atomic E-state index is 0.112. The maximum Gasteiger partial charge on any atom is 0.159 e. The first-order valence-electron chi connectivity index (χ1n) is 6.76. The first kappa shape index (κ1) is 11.9. The van der Waals surface area contributed by atoms with Crippen molar-refractivity contribution in [2.45, 2.75) is 0 Å². The number of para-hydroxylation sites is 2. The number of hydrogen-bond donors (Lipinski definition) is 2. The van der Waals surface area contributed by atoms with Crippen molar-refractivity contribution in [3.8, 4) is 17.2 Å². The van der Waals surface area contributed by atoms with E-state index in [0.29, 0.717) is 0 Å². The van der Waals surface area contributed by atoms with E-state index in [0.717, 1.165) is 16.7 Å². The molecule has 0 aliphatic rings. The minimum atomic E-state index is -0.116. The lowest BCUT2D eigenvalue weighted by Gasteiger charge is -2.08. The first-order chi connectivity index (χ1) is 10.3. The van der Waals surface area contributed by atoms with Gasteiger partial charge in [0.25, 0.3) is 0 Å². The van der Waals surface area contributed by atoms with Crippen LogP contribution in [0.4, 0.5) is 0 Å². The zero-order valence-electron chi connectivity index (χ0n) is 11.2. The number of nitrogens with zero attached hydrogens (tertiary/aromatic N) is 1. The Labute approximate surface area is 121 Å². The molecule has 0 bridgehead atoms. The van der Waals surface area contributed by atoms with Crippen molar-refractivity contribution in [3.05, 3.63) is 66.7 Å². The average Bonchev–Trinajstić information content (AvgIpc) is 2.85. The van der Waals surface area contributed by atoms with Crippen molar-refractivity contribution >= 4 is 21.8 Å². The predicted octanol–water partition coefficient (Wildman–Crippen LogP) is 4.19. The molecule has 4 aromatic rings. The molecule has 0 saturated carbocycles. The Hall–Kier alpha value is -2.94. The molecule has 21 heavy (non-hydrogen) atoms. The van der Waals surface area contributed by atoms with Crippen LogP contribution in [0.3, 0.4) is 0 Å². The summed E-state index contributed by atoms with van der Waals surface area (Å²) in [5.41, 5.74) is 2.97. The lowest BCUT2D eigenvalue weighted by atomic mass is 10.2. The van der Waals surface area contributed by atoms with Crippen LogP contribution in [0.2, 0.25) is 0 Å². The van der Waals surface area contributed by atoms with Crippen molar-refractivity contribution in [2.24, 2.45) is 0 Å². The Balaban J connectivity index is 2.17. The molecule has 0 atom stereocenters. The summed E-state index contributed by atoms with van der Waals surface area (Å²) in [6.45, 7) is 0. The summed E-state index contributed by atoms with van der Waals surface area (Å²) in [6.07, 6.45) is 0. The molecule has 0 aliphatic carbocycles. The molecular weight excluding hydrogens is 262 g/mol. The number of aromatic nitrogens is 1. The summed E-state index contributed by atoms with van der Waals surface area (Å²) in [5, 5.41) is 21.6. The second-order valence-corrected chi connectivity index (χ2v) is 5.04. The molecule has 0 radical (unpaired) electrons. The quantitative estimate of drug-likeness (QED) is 0.511. The van der Waals surface area contributed by atoms with Gasteiger partial charge in [0.1, 0.15) is 0 Å². The molecule has 0 fully saturated rings. The van der Waals surface area contributed by atoms with Gasteiger partial charge < -0.3 is 14.8 Å². The standard InChI is InChI=1S/C18H13NO2/c20-17-10-9-12(11-18(17)21)19-15-7-3-1-5-13(15)14-6-2-4-8-16(14)19/h1-11,20-21H. The molecule has 3 heteroatoms. The van der Waals surface area contributed by atoms with E-state index in [4.69, 9.17) is 0 Å². The topological polar surface area (TPSA) is 45.4 Å². The second-order valence-electron chi connectivity index (χ2n) is 5.04. The molecule has 0 unspecified atom stereocenters. The van der Waals surface area contributed by atoms with E-state index in [9.17, 15) is 10.2 Å². The van der Waals surface area contributed by atoms with Crippen LogP contribution in [-0.2, 0) is 0 Å².